The van der Waals surface area contributed by atoms with E-state index >= 15 is 0 Å². The van der Waals surface area contributed by atoms with Gasteiger partial charge in [-0.05, 0) is 30.5 Å². The van der Waals surface area contributed by atoms with Crippen LogP contribution in [0, 0.1) is 0 Å². The first-order chi connectivity index (χ1) is 12.3. The first-order valence-corrected chi connectivity index (χ1v) is 9.47. The second-order valence-electron chi connectivity index (χ2n) is 6.89. The molecule has 0 aliphatic carbocycles. The predicted molar refractivity (Wildman–Crippen MR) is 101 cm³/mol. The number of nitrogens with zero attached hydrogens (tertiary/aromatic N) is 2. The van der Waals surface area contributed by atoms with Crippen molar-refractivity contribution in [3.05, 3.63) is 59.5 Å². The minimum absolute atomic E-state index is 0.251. The van der Waals surface area contributed by atoms with Crippen LogP contribution in [0.25, 0.3) is 0 Å². The highest BCUT2D eigenvalue weighted by atomic mass is 16.3. The average molecular weight is 342 g/mol. The second kappa shape index (κ2) is 9.18. The van der Waals surface area contributed by atoms with Gasteiger partial charge >= 0.3 is 0 Å². The molecule has 1 saturated heterocycles. The molecule has 0 unspecified atom stereocenters. The van der Waals surface area contributed by atoms with Crippen LogP contribution < -0.4 is 0 Å². The quantitative estimate of drug-likeness (QED) is 0.801. The normalized spacial score (nSPS) is 19.4. The smallest absolute Gasteiger partial charge is 0.118 e. The third kappa shape index (κ3) is 5.18. The van der Waals surface area contributed by atoms with Crippen molar-refractivity contribution in [1.29, 1.82) is 0 Å². The van der Waals surface area contributed by atoms with Crippen molar-refractivity contribution in [2.45, 2.75) is 38.8 Å². The maximum absolute atomic E-state index is 9.47. The van der Waals surface area contributed by atoms with Crippen molar-refractivity contribution in [1.82, 2.24) is 9.80 Å². The summed E-state index contributed by atoms with van der Waals surface area (Å²) in [6.07, 6.45) is 2.85. The SMILES string of the molecule is CCc1ccc(CN2CCN(CCc3ccccc3)[C@@H](CCO)C2)o1. The Morgan fingerprint density at radius 3 is 2.60 bits per heavy atom. The third-order valence-corrected chi connectivity index (χ3v) is 5.13. The molecular weight excluding hydrogens is 312 g/mol. The lowest BCUT2D eigenvalue weighted by Gasteiger charge is -2.41. The maximum atomic E-state index is 9.47. The number of furan rings is 1. The summed E-state index contributed by atoms with van der Waals surface area (Å²) < 4.78 is 5.86. The Bertz CT molecular complexity index is 626. The fourth-order valence-electron chi connectivity index (χ4n) is 3.65. The van der Waals surface area contributed by atoms with E-state index in [-0.39, 0.29) is 6.61 Å². The summed E-state index contributed by atoms with van der Waals surface area (Å²) in [6, 6.07) is 15.3. The number of rotatable bonds is 8. The van der Waals surface area contributed by atoms with Crippen molar-refractivity contribution < 1.29 is 9.52 Å². The highest BCUT2D eigenvalue weighted by molar-refractivity contribution is 5.15. The second-order valence-corrected chi connectivity index (χ2v) is 6.89. The van der Waals surface area contributed by atoms with Crippen LogP contribution in [0.2, 0.25) is 0 Å². The number of benzene rings is 1. The molecule has 1 aromatic carbocycles. The van der Waals surface area contributed by atoms with Crippen molar-refractivity contribution in [3.63, 3.8) is 0 Å². The zero-order valence-electron chi connectivity index (χ0n) is 15.2. The van der Waals surface area contributed by atoms with Gasteiger partial charge in [0.1, 0.15) is 11.5 Å². The van der Waals surface area contributed by atoms with Crippen LogP contribution in [0.3, 0.4) is 0 Å². The van der Waals surface area contributed by atoms with E-state index in [1.165, 1.54) is 5.56 Å². The molecule has 0 radical (unpaired) electrons. The molecule has 1 atom stereocenters. The van der Waals surface area contributed by atoms with Crippen LogP contribution in [0.5, 0.6) is 0 Å². The highest BCUT2D eigenvalue weighted by Crippen LogP contribution is 2.18. The van der Waals surface area contributed by atoms with Crippen LogP contribution in [-0.4, -0.2) is 53.7 Å². The summed E-state index contributed by atoms with van der Waals surface area (Å²) in [5, 5.41) is 9.47. The summed E-state index contributed by atoms with van der Waals surface area (Å²) in [5.41, 5.74) is 1.38. The highest BCUT2D eigenvalue weighted by Gasteiger charge is 2.26. The van der Waals surface area contributed by atoms with E-state index < -0.39 is 0 Å². The molecule has 4 heteroatoms. The lowest BCUT2D eigenvalue weighted by Crippen LogP contribution is -2.53. The van der Waals surface area contributed by atoms with Gasteiger partial charge in [0.2, 0.25) is 0 Å². The fourth-order valence-corrected chi connectivity index (χ4v) is 3.65. The topological polar surface area (TPSA) is 39.9 Å². The Hall–Kier alpha value is -1.62. The van der Waals surface area contributed by atoms with Gasteiger partial charge in [-0.25, -0.2) is 0 Å². The minimum Gasteiger partial charge on any atom is -0.465 e. The summed E-state index contributed by atoms with van der Waals surface area (Å²) in [6.45, 7) is 7.40. The molecule has 25 heavy (non-hydrogen) atoms. The predicted octanol–water partition coefficient (Wildman–Crippen LogP) is 2.95. The summed E-state index contributed by atoms with van der Waals surface area (Å²) in [5.74, 6) is 2.11. The lowest BCUT2D eigenvalue weighted by molar-refractivity contribution is 0.0527. The van der Waals surface area contributed by atoms with Crippen LogP contribution >= 0.6 is 0 Å². The van der Waals surface area contributed by atoms with Crippen molar-refractivity contribution in [2.24, 2.45) is 0 Å². The summed E-state index contributed by atoms with van der Waals surface area (Å²) in [4.78, 5) is 5.00. The molecule has 0 saturated carbocycles. The van der Waals surface area contributed by atoms with Gasteiger partial charge in [-0.2, -0.15) is 0 Å². The van der Waals surface area contributed by atoms with E-state index in [4.69, 9.17) is 4.42 Å². The molecule has 1 aromatic heterocycles. The Kier molecular flexibility index (Phi) is 6.68. The van der Waals surface area contributed by atoms with Crippen molar-refractivity contribution in [2.75, 3.05) is 32.8 Å². The summed E-state index contributed by atoms with van der Waals surface area (Å²) >= 11 is 0. The first-order valence-electron chi connectivity index (χ1n) is 9.47. The molecule has 2 heterocycles. The largest absolute Gasteiger partial charge is 0.465 e. The molecule has 1 aliphatic rings. The van der Waals surface area contributed by atoms with Gasteiger partial charge in [0, 0.05) is 45.2 Å². The van der Waals surface area contributed by atoms with Gasteiger partial charge in [-0.3, -0.25) is 9.80 Å². The Morgan fingerprint density at radius 1 is 1.08 bits per heavy atom. The van der Waals surface area contributed by atoms with Crippen LogP contribution in [0.4, 0.5) is 0 Å². The van der Waals surface area contributed by atoms with Gasteiger partial charge in [0.05, 0.1) is 6.54 Å². The Morgan fingerprint density at radius 2 is 1.88 bits per heavy atom. The van der Waals surface area contributed by atoms with Gasteiger partial charge in [0.15, 0.2) is 0 Å². The monoisotopic (exact) mass is 342 g/mol. The molecule has 0 bridgehead atoms. The van der Waals surface area contributed by atoms with E-state index in [0.29, 0.717) is 6.04 Å². The van der Waals surface area contributed by atoms with Gasteiger partial charge < -0.3 is 9.52 Å². The summed E-state index contributed by atoms with van der Waals surface area (Å²) in [7, 11) is 0. The van der Waals surface area contributed by atoms with Crippen molar-refractivity contribution >= 4 is 0 Å². The number of aliphatic hydroxyl groups is 1. The molecular formula is C21H30N2O2. The zero-order chi connectivity index (χ0) is 17.5. The molecule has 3 rings (SSSR count). The number of aliphatic hydroxyl groups excluding tert-OH is 1. The van der Waals surface area contributed by atoms with E-state index in [9.17, 15) is 5.11 Å². The van der Waals surface area contributed by atoms with Crippen molar-refractivity contribution in [3.8, 4) is 0 Å². The zero-order valence-corrected chi connectivity index (χ0v) is 15.2. The minimum atomic E-state index is 0.251. The van der Waals surface area contributed by atoms with E-state index in [0.717, 1.165) is 63.5 Å². The van der Waals surface area contributed by atoms with Crippen LogP contribution in [-0.2, 0) is 19.4 Å². The fraction of sp³-hybridized carbons (Fsp3) is 0.524. The van der Waals surface area contributed by atoms with Gasteiger partial charge in [0.25, 0.3) is 0 Å². The molecule has 2 aromatic rings. The molecule has 1 aliphatic heterocycles. The number of hydrogen-bond acceptors (Lipinski definition) is 4. The number of aryl methyl sites for hydroxylation is 1. The maximum Gasteiger partial charge on any atom is 0.118 e. The molecule has 1 fully saturated rings. The molecule has 136 valence electrons. The molecule has 1 N–H and O–H groups in total. The van der Waals surface area contributed by atoms with Crippen LogP contribution in [0.1, 0.15) is 30.4 Å². The standard InChI is InChI=1S/C21H30N2O2/c1-2-20-8-9-21(25-20)17-22-13-14-23(19(16-22)11-15-24)12-10-18-6-4-3-5-7-18/h3-9,19,24H,2,10-17H2,1H3/t19-/m0/s1. The van der Waals surface area contributed by atoms with E-state index in [1.54, 1.807) is 0 Å². The number of hydrogen-bond donors (Lipinski definition) is 1. The molecule has 0 spiro atoms. The average Bonchev–Trinajstić information content (AvgIpc) is 3.10. The van der Waals surface area contributed by atoms with E-state index in [1.807, 2.05) is 0 Å². The lowest BCUT2D eigenvalue weighted by atomic mass is 10.1. The first kappa shape index (κ1) is 18.2. The van der Waals surface area contributed by atoms with Gasteiger partial charge in [-0.1, -0.05) is 37.3 Å². The Balaban J connectivity index is 1.54. The van der Waals surface area contributed by atoms with Gasteiger partial charge in [-0.15, -0.1) is 0 Å². The number of piperazine rings is 1. The third-order valence-electron chi connectivity index (χ3n) is 5.13. The van der Waals surface area contributed by atoms with E-state index in [2.05, 4.69) is 59.2 Å². The Labute approximate surface area is 151 Å². The molecule has 4 nitrogen and oxygen atoms in total. The molecule has 0 amide bonds. The van der Waals surface area contributed by atoms with Crippen LogP contribution in [0.15, 0.2) is 46.9 Å².